The molecule has 0 saturated carbocycles. The first kappa shape index (κ1) is 20.5. The number of carbonyl (C=O) groups is 2. The lowest BCUT2D eigenvalue weighted by atomic mass is 10.2. The van der Waals surface area contributed by atoms with Gasteiger partial charge in [0.2, 0.25) is 5.91 Å². The number of non-ortho nitro benzene ring substituents is 1. The van der Waals surface area contributed by atoms with Crippen molar-refractivity contribution >= 4 is 29.3 Å². The summed E-state index contributed by atoms with van der Waals surface area (Å²) in [5.74, 6) is -0.253. The average Bonchev–Trinajstić information content (AvgIpc) is 2.46. The van der Waals surface area contributed by atoms with Gasteiger partial charge in [0.1, 0.15) is 6.29 Å². The van der Waals surface area contributed by atoms with E-state index in [1.54, 1.807) is 6.07 Å². The van der Waals surface area contributed by atoms with Crippen LogP contribution in [0.25, 0.3) is 0 Å². The molecule has 0 heterocycles. The zero-order valence-electron chi connectivity index (χ0n) is 14.2. The van der Waals surface area contributed by atoms with Gasteiger partial charge >= 0.3 is 0 Å². The van der Waals surface area contributed by atoms with Crippen LogP contribution in [0, 0.1) is 10.1 Å². The number of carbonyl (C=O) groups excluding carboxylic acids is 2. The summed E-state index contributed by atoms with van der Waals surface area (Å²) in [6.45, 7) is 4.60. The number of amides is 1. The summed E-state index contributed by atoms with van der Waals surface area (Å²) in [5, 5.41) is 13.3. The van der Waals surface area contributed by atoms with Crippen molar-refractivity contribution in [3.63, 3.8) is 0 Å². The number of hydrogen-bond acceptors (Lipinski definition) is 6. The molecule has 23 heavy (non-hydrogen) atoms. The van der Waals surface area contributed by atoms with Crippen molar-refractivity contribution in [1.29, 1.82) is 0 Å². The molecule has 0 aromatic heterocycles. The zero-order chi connectivity index (χ0) is 18.0. The first-order valence-electron chi connectivity index (χ1n) is 7.08. The molecule has 1 N–H and O–H groups in total. The fourth-order valence-corrected chi connectivity index (χ4v) is 1.58. The highest BCUT2D eigenvalue weighted by atomic mass is 16.6. The summed E-state index contributed by atoms with van der Waals surface area (Å²) in [7, 11) is 5.56. The van der Waals surface area contributed by atoms with Crippen LogP contribution in [-0.4, -0.2) is 56.2 Å². The van der Waals surface area contributed by atoms with Crippen LogP contribution in [0.2, 0.25) is 0 Å². The Labute approximate surface area is 136 Å². The van der Waals surface area contributed by atoms with E-state index in [1.807, 2.05) is 37.9 Å². The van der Waals surface area contributed by atoms with Gasteiger partial charge in [0.15, 0.2) is 0 Å². The largest absolute Gasteiger partial charge is 0.373 e. The maximum Gasteiger partial charge on any atom is 0.271 e. The summed E-state index contributed by atoms with van der Waals surface area (Å²) >= 11 is 0. The Morgan fingerprint density at radius 2 is 1.96 bits per heavy atom. The Balaban J connectivity index is 0.000000688. The van der Waals surface area contributed by atoms with Crippen molar-refractivity contribution in [2.75, 3.05) is 44.4 Å². The number of nitro groups is 1. The fourth-order valence-electron chi connectivity index (χ4n) is 1.58. The molecule has 1 rings (SSSR count). The third-order valence-electron chi connectivity index (χ3n) is 2.83. The lowest BCUT2D eigenvalue weighted by Gasteiger charge is -2.20. The number of hydrogen-bond donors (Lipinski definition) is 1. The van der Waals surface area contributed by atoms with E-state index in [4.69, 9.17) is 0 Å². The van der Waals surface area contributed by atoms with Gasteiger partial charge in [-0.25, -0.2) is 0 Å². The first-order chi connectivity index (χ1) is 10.7. The summed E-state index contributed by atoms with van der Waals surface area (Å²) < 4.78 is 0. The van der Waals surface area contributed by atoms with E-state index in [0.29, 0.717) is 12.2 Å². The number of benzene rings is 1. The standard InChI is InChI=1S/C11H15N3O3.C4H9NO/c1-4-13(3)11-6-5-9(14(16)17)7-10(11)12-8(2)15;1-5(2)3-4-6/h5-7H,4H2,1-3H3,(H,12,15);4H,3H2,1-2H3. The van der Waals surface area contributed by atoms with E-state index in [-0.39, 0.29) is 11.6 Å². The van der Waals surface area contributed by atoms with E-state index in [2.05, 4.69) is 5.32 Å². The van der Waals surface area contributed by atoms with Crippen LogP contribution >= 0.6 is 0 Å². The molecule has 1 aromatic carbocycles. The summed E-state index contributed by atoms with van der Waals surface area (Å²) in [4.78, 5) is 34.5. The predicted molar refractivity (Wildman–Crippen MR) is 91.0 cm³/mol. The van der Waals surface area contributed by atoms with Gasteiger partial charge < -0.3 is 19.9 Å². The van der Waals surface area contributed by atoms with E-state index in [0.717, 1.165) is 18.5 Å². The normalized spacial score (nSPS) is 9.65. The van der Waals surface area contributed by atoms with Gasteiger partial charge in [0.25, 0.3) is 5.69 Å². The molecule has 0 unspecified atom stereocenters. The summed E-state index contributed by atoms with van der Waals surface area (Å²) in [5.41, 5.74) is 1.17. The second kappa shape index (κ2) is 10.3. The minimum atomic E-state index is -0.485. The highest BCUT2D eigenvalue weighted by Crippen LogP contribution is 2.29. The van der Waals surface area contributed by atoms with Crippen LogP contribution in [-0.2, 0) is 9.59 Å². The molecule has 1 amide bonds. The van der Waals surface area contributed by atoms with Gasteiger partial charge in [-0.2, -0.15) is 0 Å². The average molecular weight is 324 g/mol. The third kappa shape index (κ3) is 7.91. The minimum absolute atomic E-state index is 0.0398. The molecule has 0 radical (unpaired) electrons. The van der Waals surface area contributed by atoms with Crippen molar-refractivity contribution in [3.8, 4) is 0 Å². The number of nitrogens with zero attached hydrogens (tertiary/aromatic N) is 3. The molecule has 0 spiro atoms. The van der Waals surface area contributed by atoms with Crippen LogP contribution in [0.4, 0.5) is 17.1 Å². The monoisotopic (exact) mass is 324 g/mol. The molecular formula is C15H24N4O4. The van der Waals surface area contributed by atoms with Gasteiger partial charge in [-0.3, -0.25) is 14.9 Å². The molecule has 0 saturated heterocycles. The van der Waals surface area contributed by atoms with Crippen molar-refractivity contribution in [2.24, 2.45) is 0 Å². The van der Waals surface area contributed by atoms with Crippen LogP contribution in [0.15, 0.2) is 18.2 Å². The summed E-state index contributed by atoms with van der Waals surface area (Å²) in [6.07, 6.45) is 0.875. The van der Waals surface area contributed by atoms with Gasteiger partial charge in [0.05, 0.1) is 22.8 Å². The van der Waals surface area contributed by atoms with Crippen LogP contribution in [0.1, 0.15) is 13.8 Å². The van der Waals surface area contributed by atoms with Crippen molar-refractivity contribution in [1.82, 2.24) is 4.90 Å². The predicted octanol–water partition coefficient (Wildman–Crippen LogP) is 1.76. The minimum Gasteiger partial charge on any atom is -0.373 e. The van der Waals surface area contributed by atoms with Gasteiger partial charge in [-0.15, -0.1) is 0 Å². The van der Waals surface area contributed by atoms with Gasteiger partial charge in [-0.1, -0.05) is 0 Å². The number of likely N-dealkylation sites (N-methyl/N-ethyl adjacent to an activating group) is 1. The Hall–Kier alpha value is -2.48. The number of rotatable bonds is 6. The molecule has 0 aliphatic carbocycles. The first-order valence-corrected chi connectivity index (χ1v) is 7.08. The quantitative estimate of drug-likeness (QED) is 0.486. The smallest absolute Gasteiger partial charge is 0.271 e. The highest BCUT2D eigenvalue weighted by Gasteiger charge is 2.13. The fraction of sp³-hybridized carbons (Fsp3) is 0.467. The van der Waals surface area contributed by atoms with Gasteiger partial charge in [0, 0.05) is 32.6 Å². The summed E-state index contributed by atoms with van der Waals surface area (Å²) in [6, 6.07) is 4.42. The molecular weight excluding hydrogens is 300 g/mol. The molecule has 0 atom stereocenters. The number of nitrogens with one attached hydrogen (secondary N) is 1. The van der Waals surface area contributed by atoms with Gasteiger partial charge in [-0.05, 0) is 27.1 Å². The Bertz CT molecular complexity index is 546. The molecule has 0 aliphatic rings. The molecule has 0 bridgehead atoms. The van der Waals surface area contributed by atoms with E-state index >= 15 is 0 Å². The van der Waals surface area contributed by atoms with Crippen LogP contribution in [0.3, 0.4) is 0 Å². The van der Waals surface area contributed by atoms with Crippen molar-refractivity contribution in [3.05, 3.63) is 28.3 Å². The van der Waals surface area contributed by atoms with E-state index in [9.17, 15) is 19.7 Å². The Morgan fingerprint density at radius 1 is 1.35 bits per heavy atom. The number of aldehydes is 1. The second-order valence-electron chi connectivity index (χ2n) is 5.08. The second-order valence-corrected chi connectivity index (χ2v) is 5.08. The molecule has 1 aromatic rings. The third-order valence-corrected chi connectivity index (χ3v) is 2.83. The lowest BCUT2D eigenvalue weighted by molar-refractivity contribution is -0.384. The maximum atomic E-state index is 11.1. The number of anilines is 2. The molecule has 8 nitrogen and oxygen atoms in total. The van der Waals surface area contributed by atoms with Crippen LogP contribution < -0.4 is 10.2 Å². The topological polar surface area (TPSA) is 95.8 Å². The zero-order valence-corrected chi connectivity index (χ0v) is 14.2. The number of nitro benzene ring substituents is 1. The van der Waals surface area contributed by atoms with Crippen molar-refractivity contribution in [2.45, 2.75) is 13.8 Å². The molecule has 128 valence electrons. The Kier molecular flexibility index (Phi) is 9.17. The molecule has 8 heteroatoms. The maximum absolute atomic E-state index is 11.1. The molecule has 0 fully saturated rings. The SMILES string of the molecule is CCN(C)c1ccc([N+](=O)[O-])cc1NC(C)=O.CN(C)CC=O. The van der Waals surface area contributed by atoms with E-state index < -0.39 is 4.92 Å². The Morgan fingerprint density at radius 3 is 2.30 bits per heavy atom. The van der Waals surface area contributed by atoms with Crippen LogP contribution in [0.5, 0.6) is 0 Å². The molecule has 0 aliphatic heterocycles. The highest BCUT2D eigenvalue weighted by molar-refractivity contribution is 5.93. The van der Waals surface area contributed by atoms with E-state index in [1.165, 1.54) is 19.1 Å². The lowest BCUT2D eigenvalue weighted by Crippen LogP contribution is -2.19. The van der Waals surface area contributed by atoms with Crippen molar-refractivity contribution < 1.29 is 14.5 Å².